The van der Waals surface area contributed by atoms with Gasteiger partial charge in [-0.05, 0) is 47.5 Å². The number of fused-ring (bicyclic) bond motifs is 1. The van der Waals surface area contributed by atoms with Gasteiger partial charge in [-0.15, -0.1) is 0 Å². The Balaban J connectivity index is 1.76. The van der Waals surface area contributed by atoms with Gasteiger partial charge in [0, 0.05) is 19.2 Å². The van der Waals surface area contributed by atoms with Crippen LogP contribution in [0.15, 0.2) is 10.7 Å². The van der Waals surface area contributed by atoms with Crippen molar-refractivity contribution < 1.29 is 0 Å². The quantitative estimate of drug-likeness (QED) is 0.743. The van der Waals surface area contributed by atoms with Gasteiger partial charge in [-0.1, -0.05) is 19.3 Å². The van der Waals surface area contributed by atoms with Gasteiger partial charge >= 0.3 is 0 Å². The molecule has 1 aliphatic carbocycles. The van der Waals surface area contributed by atoms with E-state index < -0.39 is 0 Å². The molecule has 2 fully saturated rings. The van der Waals surface area contributed by atoms with Crippen LogP contribution in [0.3, 0.4) is 0 Å². The Bertz CT molecular complexity index is 415. The Morgan fingerprint density at radius 3 is 2.72 bits per heavy atom. The van der Waals surface area contributed by atoms with E-state index in [1.807, 2.05) is 6.92 Å². The van der Waals surface area contributed by atoms with Crippen LogP contribution in [-0.4, -0.2) is 23.1 Å². The third-order valence-corrected chi connectivity index (χ3v) is 4.81. The summed E-state index contributed by atoms with van der Waals surface area (Å²) in [5.41, 5.74) is 0. The second-order valence-electron chi connectivity index (χ2n) is 5.64. The zero-order chi connectivity index (χ0) is 12.5. The zero-order valence-corrected chi connectivity index (χ0v) is 12.5. The van der Waals surface area contributed by atoms with E-state index in [2.05, 4.69) is 36.9 Å². The molecule has 2 unspecified atom stereocenters. The summed E-state index contributed by atoms with van der Waals surface area (Å²) in [6, 6.07) is 2.05. The van der Waals surface area contributed by atoms with Gasteiger partial charge in [0.25, 0.3) is 0 Å². The molecule has 2 heterocycles. The van der Waals surface area contributed by atoms with Crippen molar-refractivity contribution in [2.24, 2.45) is 11.8 Å². The number of halogens is 1. The van der Waals surface area contributed by atoms with Crippen molar-refractivity contribution in [3.8, 4) is 0 Å². The van der Waals surface area contributed by atoms with Crippen molar-refractivity contribution in [2.75, 3.05) is 18.0 Å². The Hall–Kier alpha value is -0.640. The highest BCUT2D eigenvalue weighted by molar-refractivity contribution is 9.10. The maximum atomic E-state index is 4.58. The third kappa shape index (κ3) is 2.53. The minimum Gasteiger partial charge on any atom is -0.356 e. The summed E-state index contributed by atoms with van der Waals surface area (Å²) in [6.45, 7) is 4.30. The van der Waals surface area contributed by atoms with Crippen LogP contribution >= 0.6 is 15.9 Å². The molecule has 1 saturated heterocycles. The highest BCUT2D eigenvalue weighted by atomic mass is 79.9. The van der Waals surface area contributed by atoms with Gasteiger partial charge in [0.2, 0.25) is 0 Å². The molecular weight excluding hydrogens is 290 g/mol. The molecule has 0 N–H and O–H groups in total. The molecule has 1 saturated carbocycles. The van der Waals surface area contributed by atoms with Gasteiger partial charge in [-0.3, -0.25) is 0 Å². The highest BCUT2D eigenvalue weighted by Crippen LogP contribution is 2.37. The highest BCUT2D eigenvalue weighted by Gasteiger charge is 2.31. The van der Waals surface area contributed by atoms with Crippen LogP contribution in [0.1, 0.15) is 37.9 Å². The standard InChI is InChI=1S/C14H20BrN3/c1-10-16-13(15)8-14(17-10)18-7-6-11-4-2-3-5-12(11)9-18/h8,11-12H,2-7,9H2,1H3. The lowest BCUT2D eigenvalue weighted by atomic mass is 9.75. The molecule has 2 aliphatic rings. The number of aryl methyl sites for hydroxylation is 1. The molecule has 98 valence electrons. The molecule has 1 aromatic rings. The topological polar surface area (TPSA) is 29.0 Å². The molecule has 2 atom stereocenters. The van der Waals surface area contributed by atoms with E-state index in [1.54, 1.807) is 0 Å². The predicted molar refractivity (Wildman–Crippen MR) is 76.7 cm³/mol. The molecule has 0 radical (unpaired) electrons. The van der Waals surface area contributed by atoms with Crippen LogP contribution < -0.4 is 4.90 Å². The van der Waals surface area contributed by atoms with E-state index >= 15 is 0 Å². The average Bonchev–Trinajstić information content (AvgIpc) is 2.37. The Morgan fingerprint density at radius 1 is 1.17 bits per heavy atom. The van der Waals surface area contributed by atoms with Crippen molar-refractivity contribution >= 4 is 21.7 Å². The number of nitrogens with zero attached hydrogens (tertiary/aromatic N) is 3. The van der Waals surface area contributed by atoms with E-state index in [-0.39, 0.29) is 0 Å². The minimum atomic E-state index is 0.852. The molecule has 3 rings (SSSR count). The van der Waals surface area contributed by atoms with Crippen molar-refractivity contribution in [3.05, 3.63) is 16.5 Å². The lowest BCUT2D eigenvalue weighted by Crippen LogP contribution is -2.42. The van der Waals surface area contributed by atoms with E-state index in [0.29, 0.717) is 0 Å². The summed E-state index contributed by atoms with van der Waals surface area (Å²) in [7, 11) is 0. The Morgan fingerprint density at radius 2 is 1.94 bits per heavy atom. The summed E-state index contributed by atoms with van der Waals surface area (Å²) in [6.07, 6.45) is 7.06. The summed E-state index contributed by atoms with van der Waals surface area (Å²) in [4.78, 5) is 11.3. The van der Waals surface area contributed by atoms with Crippen LogP contribution in [0, 0.1) is 18.8 Å². The smallest absolute Gasteiger partial charge is 0.133 e. The molecule has 0 amide bonds. The van der Waals surface area contributed by atoms with E-state index in [9.17, 15) is 0 Å². The lowest BCUT2D eigenvalue weighted by molar-refractivity contribution is 0.202. The first-order valence-corrected chi connectivity index (χ1v) is 7.78. The Labute approximate surface area is 117 Å². The van der Waals surface area contributed by atoms with Gasteiger partial charge in [0.15, 0.2) is 0 Å². The zero-order valence-electron chi connectivity index (χ0n) is 10.9. The van der Waals surface area contributed by atoms with E-state index in [4.69, 9.17) is 0 Å². The molecule has 4 heteroatoms. The van der Waals surface area contributed by atoms with Crippen LogP contribution in [0.4, 0.5) is 5.82 Å². The normalized spacial score (nSPS) is 28.0. The van der Waals surface area contributed by atoms with Gasteiger partial charge < -0.3 is 4.90 Å². The molecule has 0 spiro atoms. The number of piperidine rings is 1. The molecule has 0 aromatic carbocycles. The lowest BCUT2D eigenvalue weighted by Gasteiger charge is -2.41. The first-order valence-electron chi connectivity index (χ1n) is 6.98. The first-order chi connectivity index (χ1) is 8.72. The molecule has 1 aliphatic heterocycles. The number of hydrogen-bond donors (Lipinski definition) is 0. The van der Waals surface area contributed by atoms with Crippen molar-refractivity contribution in [2.45, 2.75) is 39.0 Å². The average molecular weight is 310 g/mol. The van der Waals surface area contributed by atoms with Crippen molar-refractivity contribution in [1.82, 2.24) is 9.97 Å². The first kappa shape index (κ1) is 12.4. The number of hydrogen-bond acceptors (Lipinski definition) is 3. The maximum Gasteiger partial charge on any atom is 0.133 e. The van der Waals surface area contributed by atoms with Crippen LogP contribution in [0.5, 0.6) is 0 Å². The number of anilines is 1. The van der Waals surface area contributed by atoms with E-state index in [1.165, 1.54) is 38.6 Å². The summed E-state index contributed by atoms with van der Waals surface area (Å²) < 4.78 is 0.899. The number of aromatic nitrogens is 2. The molecular formula is C14H20BrN3. The molecule has 0 bridgehead atoms. The van der Waals surface area contributed by atoms with Gasteiger partial charge in [0.1, 0.15) is 16.2 Å². The molecule has 18 heavy (non-hydrogen) atoms. The van der Waals surface area contributed by atoms with Crippen molar-refractivity contribution in [1.29, 1.82) is 0 Å². The SMILES string of the molecule is Cc1nc(Br)cc(N2CCC3CCCCC3C2)n1. The monoisotopic (exact) mass is 309 g/mol. The second kappa shape index (κ2) is 5.16. The number of rotatable bonds is 1. The second-order valence-corrected chi connectivity index (χ2v) is 6.45. The summed E-state index contributed by atoms with van der Waals surface area (Å²) >= 11 is 3.47. The van der Waals surface area contributed by atoms with Crippen molar-refractivity contribution in [3.63, 3.8) is 0 Å². The fourth-order valence-electron chi connectivity index (χ4n) is 3.49. The van der Waals surface area contributed by atoms with Crippen LogP contribution in [0.2, 0.25) is 0 Å². The van der Waals surface area contributed by atoms with Gasteiger partial charge in [0.05, 0.1) is 0 Å². The summed E-state index contributed by atoms with van der Waals surface area (Å²) in [5.74, 6) is 3.81. The third-order valence-electron chi connectivity index (χ3n) is 4.41. The Kier molecular flexibility index (Phi) is 3.55. The fourth-order valence-corrected chi connectivity index (χ4v) is 3.95. The van der Waals surface area contributed by atoms with E-state index in [0.717, 1.165) is 34.6 Å². The van der Waals surface area contributed by atoms with Crippen LogP contribution in [0.25, 0.3) is 0 Å². The predicted octanol–water partition coefficient (Wildman–Crippen LogP) is 3.56. The maximum absolute atomic E-state index is 4.58. The minimum absolute atomic E-state index is 0.852. The molecule has 1 aromatic heterocycles. The molecule has 3 nitrogen and oxygen atoms in total. The summed E-state index contributed by atoms with van der Waals surface area (Å²) in [5, 5.41) is 0. The van der Waals surface area contributed by atoms with Crippen LogP contribution in [-0.2, 0) is 0 Å². The largest absolute Gasteiger partial charge is 0.356 e. The van der Waals surface area contributed by atoms with Gasteiger partial charge in [-0.2, -0.15) is 0 Å². The fraction of sp³-hybridized carbons (Fsp3) is 0.714. The van der Waals surface area contributed by atoms with Gasteiger partial charge in [-0.25, -0.2) is 9.97 Å².